The first-order valence-corrected chi connectivity index (χ1v) is 5.72. The van der Waals surface area contributed by atoms with Crippen LogP contribution in [0.1, 0.15) is 38.3 Å². The molecule has 0 saturated carbocycles. The molecule has 0 bridgehead atoms. The van der Waals surface area contributed by atoms with Crippen molar-refractivity contribution in [3.05, 3.63) is 35.4 Å². The third-order valence-electron chi connectivity index (χ3n) is 2.42. The van der Waals surface area contributed by atoms with Crippen LogP contribution in [0.4, 0.5) is 0 Å². The summed E-state index contributed by atoms with van der Waals surface area (Å²) in [6.45, 7) is 7.12. The summed E-state index contributed by atoms with van der Waals surface area (Å²) in [4.78, 5) is 0. The Morgan fingerprint density at radius 2 is 1.81 bits per heavy atom. The summed E-state index contributed by atoms with van der Waals surface area (Å²) in [6.07, 6.45) is 1.37. The molecule has 0 amide bonds. The number of hydrogen-bond donors (Lipinski definition) is 0. The lowest BCUT2D eigenvalue weighted by Gasteiger charge is -2.15. The number of nitrogens with zero attached hydrogens (tertiary/aromatic N) is 1. The van der Waals surface area contributed by atoms with Gasteiger partial charge in [0.2, 0.25) is 0 Å². The minimum absolute atomic E-state index is 0.288. The van der Waals surface area contributed by atoms with E-state index in [1.807, 2.05) is 24.3 Å². The maximum atomic E-state index is 8.66. The van der Waals surface area contributed by atoms with Crippen LogP contribution in [0, 0.1) is 17.2 Å². The molecule has 0 aliphatic heterocycles. The molecule has 0 N–H and O–H groups in total. The molecular weight excluding hydrogens is 198 g/mol. The van der Waals surface area contributed by atoms with E-state index in [4.69, 9.17) is 10.00 Å². The Morgan fingerprint density at radius 3 is 2.31 bits per heavy atom. The Kier molecular flexibility index (Phi) is 5.01. The van der Waals surface area contributed by atoms with Crippen molar-refractivity contribution in [2.75, 3.05) is 0 Å². The zero-order valence-corrected chi connectivity index (χ0v) is 10.2. The lowest BCUT2D eigenvalue weighted by atomic mass is 10.1. The summed E-state index contributed by atoms with van der Waals surface area (Å²) in [7, 11) is 0. The van der Waals surface area contributed by atoms with Gasteiger partial charge in [-0.05, 0) is 37.0 Å². The van der Waals surface area contributed by atoms with Crippen LogP contribution in [0.3, 0.4) is 0 Å². The lowest BCUT2D eigenvalue weighted by molar-refractivity contribution is 0.0397. The van der Waals surface area contributed by atoms with E-state index in [1.165, 1.54) is 0 Å². The van der Waals surface area contributed by atoms with E-state index in [0.29, 0.717) is 18.1 Å². The molecular formula is C14H19NO. The molecule has 1 unspecified atom stereocenters. The van der Waals surface area contributed by atoms with Crippen LogP contribution in [0.2, 0.25) is 0 Å². The first kappa shape index (κ1) is 12.7. The van der Waals surface area contributed by atoms with E-state index in [9.17, 15) is 0 Å². The summed E-state index contributed by atoms with van der Waals surface area (Å²) in [5, 5.41) is 8.66. The highest BCUT2D eigenvalue weighted by molar-refractivity contribution is 5.31. The average molecular weight is 217 g/mol. The first-order valence-electron chi connectivity index (χ1n) is 5.72. The van der Waals surface area contributed by atoms with E-state index in [0.717, 1.165) is 12.0 Å². The standard InChI is InChI=1S/C14H19NO/c1-11(2)8-12(3)16-10-14-6-4-13(9-15)5-7-14/h4-7,11-12H,8,10H2,1-3H3. The summed E-state index contributed by atoms with van der Waals surface area (Å²) < 4.78 is 5.73. The van der Waals surface area contributed by atoms with Gasteiger partial charge in [0.15, 0.2) is 0 Å². The maximum absolute atomic E-state index is 8.66. The molecule has 0 radical (unpaired) electrons. The van der Waals surface area contributed by atoms with Crippen LogP contribution in [-0.4, -0.2) is 6.10 Å². The molecule has 0 spiro atoms. The molecule has 1 aromatic rings. The maximum Gasteiger partial charge on any atom is 0.0991 e. The third kappa shape index (κ3) is 4.46. The largest absolute Gasteiger partial charge is 0.374 e. The molecule has 0 fully saturated rings. The predicted octanol–water partition coefficient (Wildman–Crippen LogP) is 3.51. The molecule has 1 aromatic carbocycles. The zero-order valence-electron chi connectivity index (χ0n) is 10.2. The van der Waals surface area contributed by atoms with Gasteiger partial charge in [-0.3, -0.25) is 0 Å². The Morgan fingerprint density at radius 1 is 1.19 bits per heavy atom. The summed E-state index contributed by atoms with van der Waals surface area (Å²) in [5.41, 5.74) is 1.81. The quantitative estimate of drug-likeness (QED) is 0.756. The van der Waals surface area contributed by atoms with Crippen molar-refractivity contribution in [3.63, 3.8) is 0 Å². The van der Waals surface area contributed by atoms with Crippen LogP contribution in [0.5, 0.6) is 0 Å². The minimum atomic E-state index is 0.288. The zero-order chi connectivity index (χ0) is 12.0. The molecule has 0 saturated heterocycles. The number of hydrogen-bond acceptors (Lipinski definition) is 2. The van der Waals surface area contributed by atoms with Crippen molar-refractivity contribution in [2.45, 2.75) is 39.9 Å². The Hall–Kier alpha value is -1.33. The second-order valence-electron chi connectivity index (χ2n) is 4.56. The van der Waals surface area contributed by atoms with Gasteiger partial charge in [-0.1, -0.05) is 26.0 Å². The molecule has 0 heterocycles. The molecule has 1 atom stereocenters. The number of rotatable bonds is 5. The number of benzene rings is 1. The van der Waals surface area contributed by atoms with Crippen LogP contribution in [0.15, 0.2) is 24.3 Å². The van der Waals surface area contributed by atoms with Gasteiger partial charge in [0, 0.05) is 0 Å². The van der Waals surface area contributed by atoms with Gasteiger partial charge in [0.05, 0.1) is 24.3 Å². The highest BCUT2D eigenvalue weighted by Gasteiger charge is 2.05. The molecule has 0 aliphatic rings. The molecule has 0 aliphatic carbocycles. The van der Waals surface area contributed by atoms with Crippen molar-refractivity contribution < 1.29 is 4.74 Å². The highest BCUT2D eigenvalue weighted by atomic mass is 16.5. The van der Waals surface area contributed by atoms with Crippen molar-refractivity contribution in [2.24, 2.45) is 5.92 Å². The smallest absolute Gasteiger partial charge is 0.0991 e. The van der Waals surface area contributed by atoms with Gasteiger partial charge in [-0.15, -0.1) is 0 Å². The lowest BCUT2D eigenvalue weighted by Crippen LogP contribution is -2.11. The third-order valence-corrected chi connectivity index (χ3v) is 2.42. The fourth-order valence-electron chi connectivity index (χ4n) is 1.65. The average Bonchev–Trinajstić information content (AvgIpc) is 2.26. The molecule has 1 rings (SSSR count). The van der Waals surface area contributed by atoms with Gasteiger partial charge in [0.1, 0.15) is 0 Å². The van der Waals surface area contributed by atoms with E-state index in [1.54, 1.807) is 0 Å². The van der Waals surface area contributed by atoms with Crippen molar-refractivity contribution >= 4 is 0 Å². The second-order valence-corrected chi connectivity index (χ2v) is 4.56. The Balaban J connectivity index is 2.40. The fourth-order valence-corrected chi connectivity index (χ4v) is 1.65. The first-order chi connectivity index (χ1) is 7.61. The van der Waals surface area contributed by atoms with Crippen molar-refractivity contribution in [3.8, 4) is 6.07 Å². The molecule has 2 heteroatoms. The molecule has 86 valence electrons. The monoisotopic (exact) mass is 217 g/mol. The van der Waals surface area contributed by atoms with E-state index < -0.39 is 0 Å². The van der Waals surface area contributed by atoms with E-state index in [-0.39, 0.29) is 6.10 Å². The summed E-state index contributed by atoms with van der Waals surface area (Å²) >= 11 is 0. The topological polar surface area (TPSA) is 33.0 Å². The van der Waals surface area contributed by atoms with E-state index in [2.05, 4.69) is 26.8 Å². The van der Waals surface area contributed by atoms with Crippen molar-refractivity contribution in [1.29, 1.82) is 5.26 Å². The summed E-state index contributed by atoms with van der Waals surface area (Å²) in [5.74, 6) is 0.663. The highest BCUT2D eigenvalue weighted by Crippen LogP contribution is 2.11. The van der Waals surface area contributed by atoms with Gasteiger partial charge in [0.25, 0.3) is 0 Å². The van der Waals surface area contributed by atoms with Crippen LogP contribution < -0.4 is 0 Å². The van der Waals surface area contributed by atoms with Crippen LogP contribution in [-0.2, 0) is 11.3 Å². The fraction of sp³-hybridized carbons (Fsp3) is 0.500. The van der Waals surface area contributed by atoms with Crippen LogP contribution >= 0.6 is 0 Å². The minimum Gasteiger partial charge on any atom is -0.374 e. The van der Waals surface area contributed by atoms with Gasteiger partial charge in [-0.2, -0.15) is 5.26 Å². The Labute approximate surface area is 97.9 Å². The van der Waals surface area contributed by atoms with E-state index >= 15 is 0 Å². The Bertz CT molecular complexity index is 348. The second kappa shape index (κ2) is 6.30. The van der Waals surface area contributed by atoms with Crippen LogP contribution in [0.25, 0.3) is 0 Å². The predicted molar refractivity (Wildman–Crippen MR) is 64.9 cm³/mol. The molecule has 16 heavy (non-hydrogen) atoms. The summed E-state index contributed by atoms with van der Waals surface area (Å²) in [6, 6.07) is 9.64. The van der Waals surface area contributed by atoms with Crippen molar-refractivity contribution in [1.82, 2.24) is 0 Å². The number of ether oxygens (including phenoxy) is 1. The normalized spacial score (nSPS) is 12.4. The van der Waals surface area contributed by atoms with Gasteiger partial charge >= 0.3 is 0 Å². The molecule has 0 aromatic heterocycles. The van der Waals surface area contributed by atoms with Gasteiger partial charge in [-0.25, -0.2) is 0 Å². The SMILES string of the molecule is CC(C)CC(C)OCc1ccc(C#N)cc1. The van der Waals surface area contributed by atoms with Gasteiger partial charge < -0.3 is 4.74 Å². The number of nitriles is 1. The molecule has 2 nitrogen and oxygen atoms in total.